The quantitative estimate of drug-likeness (QED) is 0.864. The van der Waals surface area contributed by atoms with Crippen LogP contribution in [-0.4, -0.2) is 17.0 Å². The standard InChI is InChI=1S/C15H23NS/c1-12-6-8-13(9-7-12)10-14(16)11-17-15-4-2-3-5-15/h6-9,14-15H,2-5,10-11,16H2,1H3. The lowest BCUT2D eigenvalue weighted by atomic mass is 10.1. The molecule has 17 heavy (non-hydrogen) atoms. The van der Waals surface area contributed by atoms with E-state index in [1.165, 1.54) is 36.8 Å². The molecule has 0 aromatic heterocycles. The zero-order valence-electron chi connectivity index (χ0n) is 10.7. The Morgan fingerprint density at radius 1 is 1.24 bits per heavy atom. The van der Waals surface area contributed by atoms with E-state index in [-0.39, 0.29) is 0 Å². The molecule has 1 nitrogen and oxygen atoms in total. The Balaban J connectivity index is 1.72. The number of rotatable bonds is 5. The zero-order valence-corrected chi connectivity index (χ0v) is 11.5. The molecule has 1 saturated carbocycles. The van der Waals surface area contributed by atoms with E-state index in [9.17, 15) is 0 Å². The summed E-state index contributed by atoms with van der Waals surface area (Å²) in [7, 11) is 0. The Hall–Kier alpha value is -0.470. The molecule has 1 aromatic rings. The minimum absolute atomic E-state index is 0.309. The van der Waals surface area contributed by atoms with Gasteiger partial charge in [-0.25, -0.2) is 0 Å². The Bertz CT molecular complexity index is 327. The van der Waals surface area contributed by atoms with Gasteiger partial charge in [-0.15, -0.1) is 0 Å². The van der Waals surface area contributed by atoms with E-state index >= 15 is 0 Å². The van der Waals surface area contributed by atoms with Crippen molar-refractivity contribution in [3.63, 3.8) is 0 Å². The van der Waals surface area contributed by atoms with Gasteiger partial charge in [0, 0.05) is 17.0 Å². The lowest BCUT2D eigenvalue weighted by Gasteiger charge is -2.14. The van der Waals surface area contributed by atoms with Crippen LogP contribution in [0.15, 0.2) is 24.3 Å². The van der Waals surface area contributed by atoms with Crippen LogP contribution in [0.3, 0.4) is 0 Å². The number of benzene rings is 1. The van der Waals surface area contributed by atoms with Crippen LogP contribution in [0.5, 0.6) is 0 Å². The topological polar surface area (TPSA) is 26.0 Å². The number of hydrogen-bond donors (Lipinski definition) is 1. The van der Waals surface area contributed by atoms with Gasteiger partial charge < -0.3 is 5.73 Å². The molecular formula is C15H23NS. The van der Waals surface area contributed by atoms with E-state index in [4.69, 9.17) is 5.73 Å². The van der Waals surface area contributed by atoms with Gasteiger partial charge in [-0.1, -0.05) is 42.7 Å². The summed E-state index contributed by atoms with van der Waals surface area (Å²) in [6.07, 6.45) is 6.67. The van der Waals surface area contributed by atoms with E-state index in [1.54, 1.807) is 0 Å². The first-order chi connectivity index (χ1) is 8.24. The fourth-order valence-corrected chi connectivity index (χ4v) is 3.70. The summed E-state index contributed by atoms with van der Waals surface area (Å²) >= 11 is 2.09. The highest BCUT2D eigenvalue weighted by atomic mass is 32.2. The molecule has 94 valence electrons. The molecule has 2 N–H and O–H groups in total. The normalized spacial score (nSPS) is 18.5. The third-order valence-electron chi connectivity index (χ3n) is 3.47. The van der Waals surface area contributed by atoms with Crippen molar-refractivity contribution in [2.45, 2.75) is 50.3 Å². The average molecular weight is 249 g/mol. The predicted molar refractivity (Wildman–Crippen MR) is 77.6 cm³/mol. The number of thioether (sulfide) groups is 1. The molecule has 0 spiro atoms. The smallest absolute Gasteiger partial charge is 0.0171 e. The van der Waals surface area contributed by atoms with Crippen molar-refractivity contribution in [3.8, 4) is 0 Å². The van der Waals surface area contributed by atoms with Gasteiger partial charge in [0.2, 0.25) is 0 Å². The summed E-state index contributed by atoms with van der Waals surface area (Å²) in [5.41, 5.74) is 8.89. The fraction of sp³-hybridized carbons (Fsp3) is 0.600. The summed E-state index contributed by atoms with van der Waals surface area (Å²) in [4.78, 5) is 0. The van der Waals surface area contributed by atoms with Crippen molar-refractivity contribution >= 4 is 11.8 Å². The molecule has 2 rings (SSSR count). The van der Waals surface area contributed by atoms with Crippen LogP contribution in [0.4, 0.5) is 0 Å². The lowest BCUT2D eigenvalue weighted by Crippen LogP contribution is -2.26. The van der Waals surface area contributed by atoms with E-state index in [2.05, 4.69) is 43.0 Å². The van der Waals surface area contributed by atoms with Crippen molar-refractivity contribution in [2.24, 2.45) is 5.73 Å². The third-order valence-corrected chi connectivity index (χ3v) is 5.03. The van der Waals surface area contributed by atoms with Gasteiger partial charge in [0.25, 0.3) is 0 Å². The molecule has 1 aromatic carbocycles. The molecule has 1 atom stereocenters. The van der Waals surface area contributed by atoms with E-state index < -0.39 is 0 Å². The Labute approximate surface area is 109 Å². The molecule has 0 amide bonds. The molecular weight excluding hydrogens is 226 g/mol. The highest BCUT2D eigenvalue weighted by molar-refractivity contribution is 7.99. The molecule has 1 unspecified atom stereocenters. The van der Waals surface area contributed by atoms with Crippen molar-refractivity contribution in [1.29, 1.82) is 0 Å². The molecule has 1 fully saturated rings. The van der Waals surface area contributed by atoms with Gasteiger partial charge in [0.05, 0.1) is 0 Å². The van der Waals surface area contributed by atoms with Crippen LogP contribution >= 0.6 is 11.8 Å². The number of aryl methyl sites for hydroxylation is 1. The Morgan fingerprint density at radius 3 is 2.53 bits per heavy atom. The van der Waals surface area contributed by atoms with E-state index in [0.29, 0.717) is 6.04 Å². The molecule has 0 saturated heterocycles. The highest BCUT2D eigenvalue weighted by Crippen LogP contribution is 2.29. The summed E-state index contributed by atoms with van der Waals surface area (Å²) in [5, 5.41) is 0.888. The molecule has 1 aliphatic rings. The van der Waals surface area contributed by atoms with Crippen LogP contribution in [0.1, 0.15) is 36.8 Å². The van der Waals surface area contributed by atoms with E-state index in [1.807, 2.05) is 0 Å². The monoisotopic (exact) mass is 249 g/mol. The maximum absolute atomic E-state index is 6.20. The summed E-state index contributed by atoms with van der Waals surface area (Å²) in [6, 6.07) is 9.06. The van der Waals surface area contributed by atoms with Crippen molar-refractivity contribution in [2.75, 3.05) is 5.75 Å². The first kappa shape index (κ1) is 13.0. The minimum Gasteiger partial charge on any atom is -0.327 e. The van der Waals surface area contributed by atoms with Gasteiger partial charge in [-0.2, -0.15) is 11.8 Å². The second kappa shape index (κ2) is 6.46. The maximum atomic E-state index is 6.20. The third kappa shape index (κ3) is 4.36. The maximum Gasteiger partial charge on any atom is 0.0171 e. The zero-order chi connectivity index (χ0) is 12.1. The van der Waals surface area contributed by atoms with Crippen molar-refractivity contribution in [1.82, 2.24) is 0 Å². The molecule has 0 heterocycles. The molecule has 0 radical (unpaired) electrons. The second-order valence-electron chi connectivity index (χ2n) is 5.19. The molecule has 1 aliphatic carbocycles. The predicted octanol–water partition coefficient (Wildman–Crippen LogP) is 3.54. The minimum atomic E-state index is 0.309. The second-order valence-corrected chi connectivity index (χ2v) is 6.52. The van der Waals surface area contributed by atoms with Gasteiger partial charge in [0.15, 0.2) is 0 Å². The van der Waals surface area contributed by atoms with Crippen LogP contribution in [0.2, 0.25) is 0 Å². The lowest BCUT2D eigenvalue weighted by molar-refractivity contribution is 0.744. The summed E-state index contributed by atoms with van der Waals surface area (Å²) in [5.74, 6) is 1.11. The molecule has 2 heteroatoms. The average Bonchev–Trinajstić information content (AvgIpc) is 2.83. The van der Waals surface area contributed by atoms with Gasteiger partial charge in [0.1, 0.15) is 0 Å². The van der Waals surface area contributed by atoms with Gasteiger partial charge >= 0.3 is 0 Å². The summed E-state index contributed by atoms with van der Waals surface area (Å²) in [6.45, 7) is 2.12. The van der Waals surface area contributed by atoms with Crippen LogP contribution in [0, 0.1) is 6.92 Å². The molecule has 0 aliphatic heterocycles. The van der Waals surface area contributed by atoms with Gasteiger partial charge in [-0.05, 0) is 31.7 Å². The van der Waals surface area contributed by atoms with Crippen LogP contribution in [-0.2, 0) is 6.42 Å². The van der Waals surface area contributed by atoms with Crippen LogP contribution in [0.25, 0.3) is 0 Å². The summed E-state index contributed by atoms with van der Waals surface area (Å²) < 4.78 is 0. The highest BCUT2D eigenvalue weighted by Gasteiger charge is 2.16. The van der Waals surface area contributed by atoms with E-state index in [0.717, 1.165) is 17.4 Å². The van der Waals surface area contributed by atoms with Crippen molar-refractivity contribution in [3.05, 3.63) is 35.4 Å². The SMILES string of the molecule is Cc1ccc(CC(N)CSC2CCCC2)cc1. The first-order valence-corrected chi connectivity index (χ1v) is 7.71. The number of hydrogen-bond acceptors (Lipinski definition) is 2. The Morgan fingerprint density at radius 2 is 1.88 bits per heavy atom. The Kier molecular flexibility index (Phi) is 4.93. The largest absolute Gasteiger partial charge is 0.327 e. The first-order valence-electron chi connectivity index (χ1n) is 6.67. The fourth-order valence-electron chi connectivity index (χ4n) is 2.40. The van der Waals surface area contributed by atoms with Gasteiger partial charge in [-0.3, -0.25) is 0 Å². The number of nitrogens with two attached hydrogens (primary N) is 1. The molecule has 0 bridgehead atoms. The van der Waals surface area contributed by atoms with Crippen molar-refractivity contribution < 1.29 is 0 Å². The van der Waals surface area contributed by atoms with Crippen LogP contribution < -0.4 is 5.73 Å².